The number of piperazine rings is 1. The topological polar surface area (TPSA) is 28.2 Å². The molecule has 0 radical (unpaired) electrons. The fraction of sp³-hybridized carbons (Fsp3) is 0.615. The standard InChI is InChI=1S/C13H21N3/c1-10(2)13-9-14-4-5-16(13)12-6-11(3)7-15-8-12/h6-8,10,13-14H,4-5,9H2,1-3H3. The molecule has 88 valence electrons. The van der Waals surface area contributed by atoms with Gasteiger partial charge < -0.3 is 10.2 Å². The third kappa shape index (κ3) is 2.35. The number of aryl methyl sites for hydroxylation is 1. The normalized spacial score (nSPS) is 21.5. The average molecular weight is 219 g/mol. The van der Waals surface area contributed by atoms with E-state index in [1.165, 1.54) is 11.3 Å². The highest BCUT2D eigenvalue weighted by atomic mass is 15.2. The van der Waals surface area contributed by atoms with Gasteiger partial charge in [-0.25, -0.2) is 0 Å². The van der Waals surface area contributed by atoms with Crippen LogP contribution in [0.15, 0.2) is 18.5 Å². The van der Waals surface area contributed by atoms with E-state index >= 15 is 0 Å². The van der Waals surface area contributed by atoms with Crippen molar-refractivity contribution in [1.82, 2.24) is 10.3 Å². The van der Waals surface area contributed by atoms with Gasteiger partial charge in [-0.2, -0.15) is 0 Å². The molecular formula is C13H21N3. The van der Waals surface area contributed by atoms with Crippen molar-refractivity contribution in [3.05, 3.63) is 24.0 Å². The van der Waals surface area contributed by atoms with Crippen molar-refractivity contribution >= 4 is 5.69 Å². The Morgan fingerprint density at radius 1 is 1.44 bits per heavy atom. The van der Waals surface area contributed by atoms with Gasteiger partial charge in [-0.05, 0) is 24.5 Å². The molecule has 3 nitrogen and oxygen atoms in total. The van der Waals surface area contributed by atoms with Crippen molar-refractivity contribution in [2.45, 2.75) is 26.8 Å². The Morgan fingerprint density at radius 2 is 2.25 bits per heavy atom. The van der Waals surface area contributed by atoms with E-state index in [4.69, 9.17) is 0 Å². The molecule has 16 heavy (non-hydrogen) atoms. The summed E-state index contributed by atoms with van der Waals surface area (Å²) in [4.78, 5) is 6.78. The Hall–Kier alpha value is -1.09. The Kier molecular flexibility index (Phi) is 3.44. The van der Waals surface area contributed by atoms with E-state index in [9.17, 15) is 0 Å². The monoisotopic (exact) mass is 219 g/mol. The van der Waals surface area contributed by atoms with E-state index in [0.29, 0.717) is 12.0 Å². The fourth-order valence-corrected chi connectivity index (χ4v) is 2.34. The Morgan fingerprint density at radius 3 is 2.94 bits per heavy atom. The van der Waals surface area contributed by atoms with Gasteiger partial charge in [-0.3, -0.25) is 4.98 Å². The first-order valence-electron chi connectivity index (χ1n) is 6.07. The van der Waals surface area contributed by atoms with Crippen LogP contribution in [0.25, 0.3) is 0 Å². The summed E-state index contributed by atoms with van der Waals surface area (Å²) in [5.41, 5.74) is 2.50. The second-order valence-corrected chi connectivity index (χ2v) is 4.93. The van der Waals surface area contributed by atoms with Crippen LogP contribution in [0.5, 0.6) is 0 Å². The maximum Gasteiger partial charge on any atom is 0.0558 e. The van der Waals surface area contributed by atoms with Gasteiger partial charge in [0, 0.05) is 31.9 Å². The van der Waals surface area contributed by atoms with Gasteiger partial charge in [0.15, 0.2) is 0 Å². The minimum absolute atomic E-state index is 0.581. The highest BCUT2D eigenvalue weighted by Gasteiger charge is 2.25. The summed E-state index contributed by atoms with van der Waals surface area (Å²) in [6, 6.07) is 2.81. The first kappa shape index (κ1) is 11.4. The summed E-state index contributed by atoms with van der Waals surface area (Å²) in [7, 11) is 0. The smallest absolute Gasteiger partial charge is 0.0558 e. The lowest BCUT2D eigenvalue weighted by Gasteiger charge is -2.40. The lowest BCUT2D eigenvalue weighted by molar-refractivity contribution is 0.390. The van der Waals surface area contributed by atoms with Crippen LogP contribution in [0.1, 0.15) is 19.4 Å². The maximum absolute atomic E-state index is 4.29. The van der Waals surface area contributed by atoms with Crippen LogP contribution in [0.4, 0.5) is 5.69 Å². The van der Waals surface area contributed by atoms with E-state index in [2.05, 4.69) is 42.0 Å². The summed E-state index contributed by atoms with van der Waals surface area (Å²) >= 11 is 0. The minimum Gasteiger partial charge on any atom is -0.364 e. The van der Waals surface area contributed by atoms with Gasteiger partial charge in [0.1, 0.15) is 0 Å². The third-order valence-corrected chi connectivity index (χ3v) is 3.25. The summed E-state index contributed by atoms with van der Waals surface area (Å²) in [6.45, 7) is 9.89. The Labute approximate surface area is 97.9 Å². The molecule has 0 saturated carbocycles. The lowest BCUT2D eigenvalue weighted by Crippen LogP contribution is -2.53. The second kappa shape index (κ2) is 4.83. The van der Waals surface area contributed by atoms with Gasteiger partial charge in [0.2, 0.25) is 0 Å². The maximum atomic E-state index is 4.29. The number of pyridine rings is 1. The molecule has 1 saturated heterocycles. The van der Waals surface area contributed by atoms with E-state index in [0.717, 1.165) is 19.6 Å². The molecule has 1 N–H and O–H groups in total. The Bertz CT molecular complexity index is 349. The van der Waals surface area contributed by atoms with Gasteiger partial charge >= 0.3 is 0 Å². The summed E-state index contributed by atoms with van der Waals surface area (Å²) in [5, 5.41) is 3.47. The molecule has 1 aromatic heterocycles. The van der Waals surface area contributed by atoms with Crippen molar-refractivity contribution in [2.24, 2.45) is 5.92 Å². The third-order valence-electron chi connectivity index (χ3n) is 3.25. The van der Waals surface area contributed by atoms with Crippen molar-refractivity contribution in [2.75, 3.05) is 24.5 Å². The lowest BCUT2D eigenvalue weighted by atomic mass is 10.00. The molecular weight excluding hydrogens is 198 g/mol. The average Bonchev–Trinajstić information content (AvgIpc) is 2.29. The zero-order chi connectivity index (χ0) is 11.5. The molecule has 1 aromatic rings. The number of rotatable bonds is 2. The van der Waals surface area contributed by atoms with Crippen LogP contribution in [-0.4, -0.2) is 30.7 Å². The molecule has 0 bridgehead atoms. The van der Waals surface area contributed by atoms with E-state index < -0.39 is 0 Å². The first-order chi connectivity index (χ1) is 7.68. The molecule has 1 fully saturated rings. The highest BCUT2D eigenvalue weighted by Crippen LogP contribution is 2.22. The Balaban J connectivity index is 2.23. The van der Waals surface area contributed by atoms with Crippen LogP contribution in [0.2, 0.25) is 0 Å². The number of nitrogens with one attached hydrogen (secondary N) is 1. The predicted molar refractivity (Wildman–Crippen MR) is 67.8 cm³/mol. The molecule has 2 rings (SSSR count). The molecule has 1 unspecified atom stereocenters. The van der Waals surface area contributed by atoms with Gasteiger partial charge in [0.05, 0.1) is 11.9 Å². The highest BCUT2D eigenvalue weighted by molar-refractivity contribution is 5.47. The summed E-state index contributed by atoms with van der Waals surface area (Å²) in [5.74, 6) is 0.660. The minimum atomic E-state index is 0.581. The van der Waals surface area contributed by atoms with Gasteiger partial charge in [0.25, 0.3) is 0 Å². The summed E-state index contributed by atoms with van der Waals surface area (Å²) in [6.07, 6.45) is 3.89. The van der Waals surface area contributed by atoms with Gasteiger partial charge in [-0.1, -0.05) is 13.8 Å². The van der Waals surface area contributed by atoms with E-state index in [1.807, 2.05) is 12.4 Å². The van der Waals surface area contributed by atoms with Crippen molar-refractivity contribution in [3.8, 4) is 0 Å². The number of nitrogens with zero attached hydrogens (tertiary/aromatic N) is 2. The van der Waals surface area contributed by atoms with Gasteiger partial charge in [-0.15, -0.1) is 0 Å². The number of hydrogen-bond acceptors (Lipinski definition) is 3. The molecule has 2 heterocycles. The largest absolute Gasteiger partial charge is 0.364 e. The van der Waals surface area contributed by atoms with Crippen LogP contribution < -0.4 is 10.2 Å². The molecule has 0 spiro atoms. The van der Waals surface area contributed by atoms with Crippen molar-refractivity contribution < 1.29 is 0 Å². The van der Waals surface area contributed by atoms with E-state index in [1.54, 1.807) is 0 Å². The molecule has 1 aliphatic rings. The second-order valence-electron chi connectivity index (χ2n) is 4.93. The van der Waals surface area contributed by atoms with Crippen molar-refractivity contribution in [3.63, 3.8) is 0 Å². The SMILES string of the molecule is Cc1cncc(N2CCNCC2C(C)C)c1. The van der Waals surface area contributed by atoms with Crippen LogP contribution >= 0.6 is 0 Å². The molecule has 3 heteroatoms. The molecule has 0 aromatic carbocycles. The molecule has 0 amide bonds. The zero-order valence-corrected chi connectivity index (χ0v) is 10.4. The zero-order valence-electron chi connectivity index (χ0n) is 10.4. The summed E-state index contributed by atoms with van der Waals surface area (Å²) < 4.78 is 0. The number of anilines is 1. The quantitative estimate of drug-likeness (QED) is 0.822. The van der Waals surface area contributed by atoms with E-state index in [-0.39, 0.29) is 0 Å². The molecule has 0 aliphatic carbocycles. The first-order valence-corrected chi connectivity index (χ1v) is 6.07. The van der Waals surface area contributed by atoms with Crippen LogP contribution in [0, 0.1) is 12.8 Å². The fourth-order valence-electron chi connectivity index (χ4n) is 2.34. The predicted octanol–water partition coefficient (Wildman–Crippen LogP) is 1.82. The molecule has 1 atom stereocenters. The van der Waals surface area contributed by atoms with Crippen LogP contribution in [-0.2, 0) is 0 Å². The van der Waals surface area contributed by atoms with Crippen LogP contribution in [0.3, 0.4) is 0 Å². The number of aromatic nitrogens is 1. The molecule has 1 aliphatic heterocycles. The van der Waals surface area contributed by atoms with Crippen molar-refractivity contribution in [1.29, 1.82) is 0 Å². The number of hydrogen-bond donors (Lipinski definition) is 1.